The van der Waals surface area contributed by atoms with Crippen LogP contribution in [0.5, 0.6) is 0 Å². The highest BCUT2D eigenvalue weighted by atomic mass is 32.1. The summed E-state index contributed by atoms with van der Waals surface area (Å²) < 4.78 is 58.3. The molecular weight excluding hydrogens is 574 g/mol. The Kier molecular flexibility index (Phi) is 7.56. The molecule has 2 aliphatic rings. The van der Waals surface area contributed by atoms with E-state index in [0.717, 1.165) is 4.90 Å². The number of carbonyl (C=O) groups is 3. The molecule has 1 aliphatic carbocycles. The largest absolute Gasteiger partial charge is 0.384 e. The molecule has 1 saturated heterocycles. The van der Waals surface area contributed by atoms with E-state index in [0.29, 0.717) is 16.0 Å². The molecule has 0 saturated carbocycles. The normalized spacial score (nSPS) is 20.9. The lowest BCUT2D eigenvalue weighted by molar-refractivity contribution is -0.138. The van der Waals surface area contributed by atoms with Crippen molar-refractivity contribution in [2.75, 3.05) is 19.8 Å². The molecule has 0 spiro atoms. The van der Waals surface area contributed by atoms with Crippen molar-refractivity contribution in [3.05, 3.63) is 81.0 Å². The summed E-state index contributed by atoms with van der Waals surface area (Å²) in [6.07, 6.45) is -0.566. The molecule has 0 radical (unpaired) electrons. The first-order valence-electron chi connectivity index (χ1n) is 13.0. The van der Waals surface area contributed by atoms with E-state index in [4.69, 9.17) is 11.1 Å². The molecule has 0 unspecified atom stereocenters. The van der Waals surface area contributed by atoms with Gasteiger partial charge in [0.05, 0.1) is 19.1 Å². The molecule has 1 aromatic heterocycles. The van der Waals surface area contributed by atoms with Gasteiger partial charge in [0.15, 0.2) is 5.67 Å². The second kappa shape index (κ2) is 10.9. The van der Waals surface area contributed by atoms with Crippen LogP contribution in [0.4, 0.5) is 17.6 Å². The summed E-state index contributed by atoms with van der Waals surface area (Å²) in [7, 11) is 0. The first-order valence-corrected chi connectivity index (χ1v) is 13.9. The number of fused-ring (bicyclic) bond motifs is 3. The van der Waals surface area contributed by atoms with E-state index in [1.807, 2.05) is 0 Å². The molecular formula is C29H27F4N5O3S. The Morgan fingerprint density at radius 1 is 1.10 bits per heavy atom. The number of nitrogens with two attached hydrogens (primary N) is 1. The fraction of sp³-hybridized carbons (Fsp3) is 0.310. The van der Waals surface area contributed by atoms with Crippen LogP contribution < -0.4 is 16.4 Å². The van der Waals surface area contributed by atoms with Crippen LogP contribution in [0, 0.1) is 5.41 Å². The van der Waals surface area contributed by atoms with Gasteiger partial charge in [0, 0.05) is 38.9 Å². The molecule has 5 rings (SSSR count). The van der Waals surface area contributed by atoms with E-state index < -0.39 is 67.6 Å². The highest BCUT2D eigenvalue weighted by Crippen LogP contribution is 2.50. The molecule has 2 aromatic carbocycles. The summed E-state index contributed by atoms with van der Waals surface area (Å²) >= 11 is 1.26. The van der Waals surface area contributed by atoms with Crippen LogP contribution in [0.3, 0.4) is 0 Å². The Morgan fingerprint density at radius 3 is 2.50 bits per heavy atom. The number of amides is 3. The number of alkyl halides is 4. The molecule has 1 fully saturated rings. The number of nitrogens with zero attached hydrogens (tertiary/aromatic N) is 1. The third-order valence-electron chi connectivity index (χ3n) is 7.54. The number of carbonyl (C=O) groups excluding carboxylic acids is 3. The van der Waals surface area contributed by atoms with Gasteiger partial charge in [0.2, 0.25) is 11.8 Å². The van der Waals surface area contributed by atoms with Crippen LogP contribution in [0.15, 0.2) is 53.9 Å². The highest BCUT2D eigenvalue weighted by molar-refractivity contribution is 7.10. The van der Waals surface area contributed by atoms with E-state index in [-0.39, 0.29) is 28.1 Å². The maximum absolute atomic E-state index is 15.1. The van der Waals surface area contributed by atoms with Crippen molar-refractivity contribution < 1.29 is 31.9 Å². The molecule has 3 atom stereocenters. The summed E-state index contributed by atoms with van der Waals surface area (Å²) in [5.41, 5.74) is 3.66. The van der Waals surface area contributed by atoms with E-state index in [1.165, 1.54) is 47.7 Å². The average molecular weight is 602 g/mol. The quantitative estimate of drug-likeness (QED) is 0.177. The summed E-state index contributed by atoms with van der Waals surface area (Å²) in [4.78, 5) is 40.6. The van der Waals surface area contributed by atoms with Crippen molar-refractivity contribution in [1.82, 2.24) is 15.5 Å². The van der Waals surface area contributed by atoms with Gasteiger partial charge in [-0.05, 0) is 36.2 Å². The number of amidine groups is 1. The van der Waals surface area contributed by atoms with Crippen LogP contribution in [-0.4, -0.2) is 59.9 Å². The van der Waals surface area contributed by atoms with Gasteiger partial charge in [0.1, 0.15) is 18.6 Å². The van der Waals surface area contributed by atoms with Crippen molar-refractivity contribution in [3.8, 4) is 11.1 Å². The van der Waals surface area contributed by atoms with Gasteiger partial charge in [-0.3, -0.25) is 19.8 Å². The lowest BCUT2D eigenvalue weighted by Gasteiger charge is -2.25. The van der Waals surface area contributed by atoms with Gasteiger partial charge in [-0.25, -0.2) is 8.78 Å². The smallest absolute Gasteiger partial charge is 0.299 e. The third-order valence-corrected chi connectivity index (χ3v) is 8.66. The number of rotatable bonds is 8. The van der Waals surface area contributed by atoms with Crippen molar-refractivity contribution >= 4 is 34.9 Å². The van der Waals surface area contributed by atoms with E-state index >= 15 is 4.39 Å². The second-order valence-corrected chi connectivity index (χ2v) is 11.4. The molecule has 8 nitrogen and oxygen atoms in total. The molecule has 2 heterocycles. The Morgan fingerprint density at radius 2 is 1.81 bits per heavy atom. The highest BCUT2D eigenvalue weighted by Gasteiger charge is 2.50. The topological polar surface area (TPSA) is 128 Å². The predicted octanol–water partition coefficient (Wildman–Crippen LogP) is 4.04. The van der Waals surface area contributed by atoms with Gasteiger partial charge in [0.25, 0.3) is 11.8 Å². The van der Waals surface area contributed by atoms with Gasteiger partial charge < -0.3 is 21.3 Å². The Bertz CT molecular complexity index is 1590. The maximum atomic E-state index is 15.1. The zero-order chi connectivity index (χ0) is 30.4. The van der Waals surface area contributed by atoms with Crippen LogP contribution in [0.1, 0.15) is 51.3 Å². The Hall–Kier alpha value is -4.26. The molecule has 3 aromatic rings. The van der Waals surface area contributed by atoms with Crippen LogP contribution in [0.2, 0.25) is 0 Å². The van der Waals surface area contributed by atoms with E-state index in [1.54, 1.807) is 24.4 Å². The zero-order valence-corrected chi connectivity index (χ0v) is 23.2. The summed E-state index contributed by atoms with van der Waals surface area (Å²) in [5.74, 6) is -5.60. The van der Waals surface area contributed by atoms with Gasteiger partial charge in [-0.15, -0.1) is 11.3 Å². The second-order valence-electron chi connectivity index (χ2n) is 10.5. The lowest BCUT2D eigenvalue weighted by Crippen LogP contribution is -2.49. The minimum absolute atomic E-state index is 0.0306. The molecule has 42 heavy (non-hydrogen) atoms. The van der Waals surface area contributed by atoms with E-state index in [2.05, 4.69) is 10.6 Å². The van der Waals surface area contributed by atoms with Crippen LogP contribution in [-0.2, 0) is 15.5 Å². The van der Waals surface area contributed by atoms with Gasteiger partial charge in [-0.1, -0.05) is 30.3 Å². The summed E-state index contributed by atoms with van der Waals surface area (Å²) in [5, 5.41) is 14.3. The number of hydrogen-bond donors (Lipinski definition) is 4. The molecule has 1 aliphatic heterocycles. The van der Waals surface area contributed by atoms with Gasteiger partial charge in [-0.2, -0.15) is 8.78 Å². The zero-order valence-electron chi connectivity index (χ0n) is 22.3. The number of hydrogen-bond acceptors (Lipinski definition) is 5. The minimum atomic E-state index is -3.21. The van der Waals surface area contributed by atoms with Crippen molar-refractivity contribution in [3.63, 3.8) is 0 Å². The molecule has 220 valence electrons. The number of benzene rings is 2. The number of nitrogens with one attached hydrogen (secondary N) is 3. The summed E-state index contributed by atoms with van der Waals surface area (Å²) in [6.45, 7) is -1.05. The SMILES string of the molecule is C[C@@H](NC(=O)[C@@H]1C[C@](F)(CF)CN1C(=O)CNC(=O)c1ccc2c(c1)-c1ccccc1C2(F)F)c1cc(C(=N)N)cs1. The first-order chi connectivity index (χ1) is 19.8. The molecule has 3 amide bonds. The standard InChI is InChI=1S/C29H27F4N5O3S/c1-15(23-9-17(12-42-23)25(34)35)37-27(41)22-10-28(31,13-30)14-38(22)24(39)11-36-26(40)16-6-7-21-19(8-16)18-4-2-3-5-20(18)29(21,32)33/h2-9,12,15,22H,10-11,13-14H2,1H3,(H3,34,35)(H,36,40)(H,37,41)/t15-,22+,28+/m1/s1. The maximum Gasteiger partial charge on any atom is 0.299 e. The van der Waals surface area contributed by atoms with Crippen molar-refractivity contribution in [2.24, 2.45) is 5.73 Å². The predicted molar refractivity (Wildman–Crippen MR) is 149 cm³/mol. The fourth-order valence-corrected chi connectivity index (χ4v) is 6.23. The molecule has 5 N–H and O–H groups in total. The van der Waals surface area contributed by atoms with E-state index in [9.17, 15) is 27.6 Å². The van der Waals surface area contributed by atoms with Gasteiger partial charge >= 0.3 is 0 Å². The third kappa shape index (κ3) is 5.24. The minimum Gasteiger partial charge on any atom is -0.384 e. The number of likely N-dealkylation sites (tertiary alicyclic amines) is 1. The van der Waals surface area contributed by atoms with Crippen molar-refractivity contribution in [2.45, 2.75) is 37.0 Å². The summed E-state index contributed by atoms with van der Waals surface area (Å²) in [6, 6.07) is 9.43. The average Bonchev–Trinajstić information content (AvgIpc) is 3.66. The molecule has 0 bridgehead atoms. The first kappa shape index (κ1) is 29.2. The number of thiophene rings is 1. The Balaban J connectivity index is 1.27. The monoisotopic (exact) mass is 601 g/mol. The van der Waals surface area contributed by atoms with Crippen LogP contribution in [0.25, 0.3) is 11.1 Å². The Labute approximate surface area is 242 Å². The lowest BCUT2D eigenvalue weighted by atomic mass is 10.0. The number of nitrogen functional groups attached to an aromatic ring is 1. The molecule has 13 heteroatoms. The van der Waals surface area contributed by atoms with Crippen molar-refractivity contribution in [1.29, 1.82) is 5.41 Å². The number of halogens is 4. The van der Waals surface area contributed by atoms with Crippen LogP contribution >= 0.6 is 11.3 Å². The fourth-order valence-electron chi connectivity index (χ4n) is 5.31.